The van der Waals surface area contributed by atoms with E-state index in [2.05, 4.69) is 20.8 Å². The van der Waals surface area contributed by atoms with Crippen molar-refractivity contribution in [2.75, 3.05) is 10.6 Å². The van der Waals surface area contributed by atoms with E-state index < -0.39 is 0 Å². The summed E-state index contributed by atoms with van der Waals surface area (Å²) in [5.41, 5.74) is 0.597. The van der Waals surface area contributed by atoms with Gasteiger partial charge in [0.25, 0.3) is 0 Å². The minimum atomic E-state index is -0.331. The van der Waals surface area contributed by atoms with Crippen LogP contribution in [0, 0.1) is 0 Å². The van der Waals surface area contributed by atoms with Gasteiger partial charge in [-0.25, -0.2) is 0 Å². The van der Waals surface area contributed by atoms with Gasteiger partial charge in [-0.3, -0.25) is 4.79 Å². The second-order valence-electron chi connectivity index (χ2n) is 5.04. The number of benzene rings is 1. The molecule has 25 heavy (non-hydrogen) atoms. The number of aromatic nitrogens is 2. The molecular formula is C16H15ClN4O2S2. The predicted octanol–water partition coefficient (Wildman–Crippen LogP) is 4.52. The van der Waals surface area contributed by atoms with Crippen molar-refractivity contribution in [3.05, 3.63) is 53.4 Å². The molecule has 9 heteroatoms. The van der Waals surface area contributed by atoms with Crippen LogP contribution in [0.4, 0.5) is 10.8 Å². The number of carbonyl (C=O) groups is 1. The van der Waals surface area contributed by atoms with Gasteiger partial charge in [0, 0.05) is 0 Å². The number of para-hydroxylation sites is 1. The molecule has 0 aliphatic rings. The fraction of sp³-hybridized carbons (Fsp3) is 0.188. The van der Waals surface area contributed by atoms with E-state index in [9.17, 15) is 4.79 Å². The smallest absolute Gasteiger partial charge is 0.237 e. The molecule has 0 aliphatic heterocycles. The number of nitrogens with zero attached hydrogens (tertiary/aromatic N) is 2. The molecule has 0 radical (unpaired) electrons. The van der Waals surface area contributed by atoms with Crippen molar-refractivity contribution in [3.63, 3.8) is 0 Å². The Morgan fingerprint density at radius 2 is 2.16 bits per heavy atom. The normalized spacial score (nSPS) is 11.9. The molecule has 2 heterocycles. The van der Waals surface area contributed by atoms with Crippen molar-refractivity contribution >= 4 is 51.4 Å². The van der Waals surface area contributed by atoms with Crippen molar-refractivity contribution in [1.82, 2.24) is 10.2 Å². The van der Waals surface area contributed by atoms with Gasteiger partial charge in [0.1, 0.15) is 5.76 Å². The van der Waals surface area contributed by atoms with E-state index >= 15 is 0 Å². The minimum absolute atomic E-state index is 0.140. The summed E-state index contributed by atoms with van der Waals surface area (Å²) in [6.45, 7) is 2.35. The molecule has 6 nitrogen and oxygen atoms in total. The van der Waals surface area contributed by atoms with Crippen LogP contribution in [0.2, 0.25) is 5.02 Å². The maximum Gasteiger partial charge on any atom is 0.237 e. The molecule has 1 atom stereocenters. The number of hydrogen-bond donors (Lipinski definition) is 2. The van der Waals surface area contributed by atoms with Gasteiger partial charge in [0.15, 0.2) is 4.34 Å². The largest absolute Gasteiger partial charge is 0.467 e. The molecule has 0 bridgehead atoms. The second-order valence-corrected chi connectivity index (χ2v) is 8.01. The molecule has 3 rings (SSSR count). The zero-order chi connectivity index (χ0) is 17.6. The predicted molar refractivity (Wildman–Crippen MR) is 101 cm³/mol. The highest BCUT2D eigenvalue weighted by molar-refractivity contribution is 8.02. The van der Waals surface area contributed by atoms with E-state index in [-0.39, 0.29) is 11.2 Å². The first-order chi connectivity index (χ1) is 12.1. The summed E-state index contributed by atoms with van der Waals surface area (Å²) in [6, 6.07) is 10.8. The van der Waals surface area contributed by atoms with Crippen LogP contribution in [0.3, 0.4) is 0 Å². The number of halogens is 1. The third kappa shape index (κ3) is 4.97. The van der Waals surface area contributed by atoms with E-state index in [4.69, 9.17) is 16.0 Å². The summed E-state index contributed by atoms with van der Waals surface area (Å²) < 4.78 is 5.96. The van der Waals surface area contributed by atoms with E-state index in [1.54, 1.807) is 18.4 Å². The van der Waals surface area contributed by atoms with Crippen LogP contribution in [0.25, 0.3) is 0 Å². The summed E-state index contributed by atoms with van der Waals surface area (Å²) in [7, 11) is 0. The first kappa shape index (κ1) is 17.8. The zero-order valence-corrected chi connectivity index (χ0v) is 15.6. The Balaban J connectivity index is 1.53. The minimum Gasteiger partial charge on any atom is -0.467 e. The average molecular weight is 395 g/mol. The second kappa shape index (κ2) is 8.37. The molecule has 0 saturated heterocycles. The third-order valence-electron chi connectivity index (χ3n) is 3.18. The molecule has 0 unspecified atom stereocenters. The first-order valence-corrected chi connectivity index (χ1v) is 9.51. The van der Waals surface area contributed by atoms with Crippen LogP contribution in [0.1, 0.15) is 12.7 Å². The third-order valence-corrected chi connectivity index (χ3v) is 5.57. The highest BCUT2D eigenvalue weighted by Gasteiger charge is 2.18. The van der Waals surface area contributed by atoms with Crippen molar-refractivity contribution in [1.29, 1.82) is 0 Å². The monoisotopic (exact) mass is 394 g/mol. The Bertz CT molecular complexity index is 838. The van der Waals surface area contributed by atoms with Crippen LogP contribution < -0.4 is 10.6 Å². The van der Waals surface area contributed by atoms with Gasteiger partial charge in [0.05, 0.1) is 28.8 Å². The number of nitrogens with one attached hydrogen (secondary N) is 2. The van der Waals surface area contributed by atoms with Crippen LogP contribution >= 0.6 is 34.7 Å². The van der Waals surface area contributed by atoms with Crippen molar-refractivity contribution in [2.24, 2.45) is 0 Å². The summed E-state index contributed by atoms with van der Waals surface area (Å²) >= 11 is 8.79. The standard InChI is InChI=1S/C16H15ClN4O2S2/c1-10(14(22)19-13-7-3-2-6-12(13)17)24-16-21-20-15(25-16)18-9-11-5-4-8-23-11/h2-8,10H,9H2,1H3,(H,18,20)(H,19,22)/t10-/m1/s1. The molecule has 3 aromatic rings. The van der Waals surface area contributed by atoms with E-state index in [0.29, 0.717) is 26.7 Å². The highest BCUT2D eigenvalue weighted by Crippen LogP contribution is 2.30. The van der Waals surface area contributed by atoms with Crippen molar-refractivity contribution in [2.45, 2.75) is 23.1 Å². The van der Waals surface area contributed by atoms with Gasteiger partial charge in [-0.15, -0.1) is 10.2 Å². The van der Waals surface area contributed by atoms with Crippen LogP contribution in [-0.4, -0.2) is 21.4 Å². The molecule has 0 aliphatic carbocycles. The number of thioether (sulfide) groups is 1. The maximum atomic E-state index is 12.3. The maximum absolute atomic E-state index is 12.3. The molecule has 130 valence electrons. The lowest BCUT2D eigenvalue weighted by Crippen LogP contribution is -2.22. The molecule has 1 aromatic carbocycles. The van der Waals surface area contributed by atoms with Crippen LogP contribution in [0.5, 0.6) is 0 Å². The molecular weight excluding hydrogens is 380 g/mol. The summed E-state index contributed by atoms with van der Waals surface area (Å²) in [5, 5.41) is 15.0. The molecule has 0 spiro atoms. The zero-order valence-electron chi connectivity index (χ0n) is 13.2. The summed E-state index contributed by atoms with van der Waals surface area (Å²) in [6.07, 6.45) is 1.62. The van der Waals surface area contributed by atoms with Gasteiger partial charge in [-0.2, -0.15) is 0 Å². The lowest BCUT2D eigenvalue weighted by molar-refractivity contribution is -0.115. The average Bonchev–Trinajstić information content (AvgIpc) is 3.26. The van der Waals surface area contributed by atoms with E-state index in [0.717, 1.165) is 5.76 Å². The summed E-state index contributed by atoms with van der Waals surface area (Å²) in [4.78, 5) is 12.3. The highest BCUT2D eigenvalue weighted by atomic mass is 35.5. The van der Waals surface area contributed by atoms with Gasteiger partial charge in [-0.05, 0) is 31.2 Å². The molecule has 0 fully saturated rings. The molecule has 2 N–H and O–H groups in total. The number of carbonyl (C=O) groups excluding carboxylic acids is 1. The number of anilines is 2. The fourth-order valence-corrected chi connectivity index (χ4v) is 3.98. The van der Waals surface area contributed by atoms with Gasteiger partial charge in [-0.1, -0.05) is 46.8 Å². The van der Waals surface area contributed by atoms with E-state index in [1.807, 2.05) is 31.2 Å². The lowest BCUT2D eigenvalue weighted by Gasteiger charge is -2.11. The Labute approximate surface area is 158 Å². The Hall–Kier alpha value is -2.03. The first-order valence-electron chi connectivity index (χ1n) is 7.43. The Morgan fingerprint density at radius 3 is 2.92 bits per heavy atom. The quantitative estimate of drug-likeness (QED) is 0.573. The number of hydrogen-bond acceptors (Lipinski definition) is 7. The number of rotatable bonds is 7. The van der Waals surface area contributed by atoms with Gasteiger partial charge < -0.3 is 15.1 Å². The summed E-state index contributed by atoms with van der Waals surface area (Å²) in [5.74, 6) is 0.676. The van der Waals surface area contributed by atoms with Crippen molar-refractivity contribution < 1.29 is 9.21 Å². The molecule has 2 aromatic heterocycles. The molecule has 0 saturated carbocycles. The van der Waals surface area contributed by atoms with Gasteiger partial charge in [0.2, 0.25) is 11.0 Å². The van der Waals surface area contributed by atoms with Crippen molar-refractivity contribution in [3.8, 4) is 0 Å². The molecule has 1 amide bonds. The Kier molecular flexibility index (Phi) is 5.95. The fourth-order valence-electron chi connectivity index (χ4n) is 1.91. The lowest BCUT2D eigenvalue weighted by atomic mass is 10.3. The van der Waals surface area contributed by atoms with Crippen LogP contribution in [-0.2, 0) is 11.3 Å². The van der Waals surface area contributed by atoms with E-state index in [1.165, 1.54) is 23.1 Å². The number of furan rings is 1. The van der Waals surface area contributed by atoms with Crippen LogP contribution in [0.15, 0.2) is 51.4 Å². The Morgan fingerprint density at radius 1 is 1.32 bits per heavy atom. The number of amides is 1. The van der Waals surface area contributed by atoms with Gasteiger partial charge >= 0.3 is 0 Å². The SMILES string of the molecule is C[C@@H](Sc1nnc(NCc2ccco2)s1)C(=O)Nc1ccccc1Cl. The topological polar surface area (TPSA) is 80.1 Å².